The van der Waals surface area contributed by atoms with E-state index in [4.69, 9.17) is 0 Å². The lowest BCUT2D eigenvalue weighted by atomic mass is 9.91. The van der Waals surface area contributed by atoms with Crippen LogP contribution < -0.4 is 10.4 Å². The van der Waals surface area contributed by atoms with Gasteiger partial charge in [0.2, 0.25) is 0 Å². The summed E-state index contributed by atoms with van der Waals surface area (Å²) in [5, 5.41) is 24.6. The smallest absolute Gasteiger partial charge is 0.166 e. The molecule has 5 rings (SSSR count). The number of phenolic OH excluding ortho intramolecular Hbond substituents is 2. The van der Waals surface area contributed by atoms with Crippen LogP contribution in [0.25, 0.3) is 29.0 Å². The molecule has 2 N–H and O–H groups in total. The van der Waals surface area contributed by atoms with Crippen molar-refractivity contribution < 1.29 is 10.2 Å². The molecular formula is C19H12N2O2. The fraction of sp³-hybridized carbons (Fsp3) is 0.0526. The van der Waals surface area contributed by atoms with Crippen molar-refractivity contribution in [2.45, 2.75) is 6.42 Å². The minimum Gasteiger partial charge on any atom is -0.504 e. The van der Waals surface area contributed by atoms with Crippen LogP contribution in [0.2, 0.25) is 0 Å². The number of hydrogen-bond acceptors (Lipinski definition) is 4. The van der Waals surface area contributed by atoms with E-state index in [9.17, 15) is 10.2 Å². The quantitative estimate of drug-likeness (QED) is 0.484. The van der Waals surface area contributed by atoms with Gasteiger partial charge in [-0.1, -0.05) is 30.4 Å². The molecule has 0 spiro atoms. The van der Waals surface area contributed by atoms with Gasteiger partial charge in [0.05, 0.1) is 11.4 Å². The molecule has 0 radical (unpaired) electrons. The lowest BCUT2D eigenvalue weighted by molar-refractivity contribution is 0.403. The zero-order valence-electron chi connectivity index (χ0n) is 12.1. The van der Waals surface area contributed by atoms with Gasteiger partial charge in [-0.2, -0.15) is 0 Å². The first-order valence-corrected chi connectivity index (χ1v) is 7.43. The van der Waals surface area contributed by atoms with Crippen molar-refractivity contribution in [1.82, 2.24) is 9.97 Å². The summed E-state index contributed by atoms with van der Waals surface area (Å²) in [6, 6.07) is 4.03. The van der Waals surface area contributed by atoms with Gasteiger partial charge in [0, 0.05) is 29.8 Å². The third-order valence-corrected chi connectivity index (χ3v) is 4.61. The number of fused-ring (bicyclic) bond motifs is 6. The Bertz CT molecular complexity index is 1160. The third kappa shape index (κ3) is 1.55. The van der Waals surface area contributed by atoms with Crippen molar-refractivity contribution in [2.24, 2.45) is 0 Å². The van der Waals surface area contributed by atoms with Crippen LogP contribution in [0.15, 0.2) is 30.6 Å². The maximum Gasteiger partial charge on any atom is 0.166 e. The number of allylic oxidation sites excluding steroid dienone is 1. The van der Waals surface area contributed by atoms with Crippen molar-refractivity contribution in [3.05, 3.63) is 63.6 Å². The van der Waals surface area contributed by atoms with Gasteiger partial charge in [0.15, 0.2) is 11.5 Å². The summed E-state index contributed by atoms with van der Waals surface area (Å²) in [6.07, 6.45) is 11.6. The first-order valence-electron chi connectivity index (χ1n) is 7.43. The molecule has 1 aromatic heterocycles. The molecule has 4 heteroatoms. The van der Waals surface area contributed by atoms with Gasteiger partial charge in [-0.15, -0.1) is 0 Å². The molecule has 110 valence electrons. The Morgan fingerprint density at radius 3 is 2.74 bits per heavy atom. The normalized spacial score (nSPS) is 13.9. The molecule has 23 heavy (non-hydrogen) atoms. The topological polar surface area (TPSA) is 66.2 Å². The fourth-order valence-corrected chi connectivity index (χ4v) is 3.52. The summed E-state index contributed by atoms with van der Waals surface area (Å²) in [5.74, 6) is -0.120. The van der Waals surface area contributed by atoms with E-state index in [2.05, 4.69) is 9.97 Å². The Hall–Kier alpha value is -3.14. The minimum atomic E-state index is -0.0613. The molecule has 0 saturated heterocycles. The zero-order chi connectivity index (χ0) is 15.6. The van der Waals surface area contributed by atoms with Crippen molar-refractivity contribution >= 4 is 29.0 Å². The van der Waals surface area contributed by atoms with E-state index in [1.54, 1.807) is 12.4 Å². The highest BCUT2D eigenvalue weighted by molar-refractivity contribution is 5.97. The average Bonchev–Trinajstić information content (AvgIpc) is 3.06. The van der Waals surface area contributed by atoms with Gasteiger partial charge in [-0.3, -0.25) is 9.97 Å². The molecule has 0 bridgehead atoms. The summed E-state index contributed by atoms with van der Waals surface area (Å²) >= 11 is 0. The molecule has 2 aliphatic rings. The monoisotopic (exact) mass is 300 g/mol. The van der Waals surface area contributed by atoms with Crippen LogP contribution in [0.1, 0.15) is 22.5 Å². The molecule has 0 amide bonds. The van der Waals surface area contributed by atoms with Gasteiger partial charge in [-0.05, 0) is 27.5 Å². The second kappa shape index (κ2) is 4.20. The molecule has 1 heterocycles. The van der Waals surface area contributed by atoms with E-state index in [-0.39, 0.29) is 11.5 Å². The number of rotatable bonds is 0. The summed E-state index contributed by atoms with van der Waals surface area (Å²) in [5.41, 5.74) is 3.37. The van der Waals surface area contributed by atoms with Crippen molar-refractivity contribution in [1.29, 1.82) is 0 Å². The summed E-state index contributed by atoms with van der Waals surface area (Å²) in [7, 11) is 0. The van der Waals surface area contributed by atoms with Gasteiger partial charge < -0.3 is 10.2 Å². The van der Waals surface area contributed by atoms with Crippen LogP contribution in [0, 0.1) is 0 Å². The van der Waals surface area contributed by atoms with Crippen LogP contribution in [0.4, 0.5) is 0 Å². The lowest BCUT2D eigenvalue weighted by Crippen LogP contribution is -2.20. The number of benzene rings is 2. The van der Waals surface area contributed by atoms with Gasteiger partial charge >= 0.3 is 0 Å². The SMILES string of the molecule is Oc1c2c(c3ccc4c(c3c1O)=CC=C4)=Cc1nccnc1C2. The summed E-state index contributed by atoms with van der Waals surface area (Å²) in [4.78, 5) is 8.69. The van der Waals surface area contributed by atoms with E-state index in [0.717, 1.165) is 32.8 Å². The van der Waals surface area contributed by atoms with Gasteiger partial charge in [0.1, 0.15) is 0 Å². The van der Waals surface area contributed by atoms with E-state index in [1.165, 1.54) is 0 Å². The van der Waals surface area contributed by atoms with Crippen LogP contribution >= 0.6 is 0 Å². The van der Waals surface area contributed by atoms with Crippen LogP contribution in [-0.4, -0.2) is 20.2 Å². The molecule has 0 fully saturated rings. The molecule has 0 aliphatic heterocycles. The van der Waals surface area contributed by atoms with E-state index >= 15 is 0 Å². The number of hydrogen-bond donors (Lipinski definition) is 2. The van der Waals surface area contributed by atoms with Crippen LogP contribution in [-0.2, 0) is 6.42 Å². The number of phenols is 2. The predicted molar refractivity (Wildman–Crippen MR) is 88.4 cm³/mol. The van der Waals surface area contributed by atoms with E-state index in [0.29, 0.717) is 17.4 Å². The second-order valence-corrected chi connectivity index (χ2v) is 5.82. The lowest BCUT2D eigenvalue weighted by Gasteiger charge is -2.17. The highest BCUT2D eigenvalue weighted by atomic mass is 16.3. The average molecular weight is 300 g/mol. The molecule has 0 atom stereocenters. The van der Waals surface area contributed by atoms with Gasteiger partial charge in [-0.25, -0.2) is 0 Å². The molecule has 0 unspecified atom stereocenters. The van der Waals surface area contributed by atoms with Crippen LogP contribution in [0.5, 0.6) is 11.5 Å². The van der Waals surface area contributed by atoms with Crippen LogP contribution in [0.3, 0.4) is 0 Å². The van der Waals surface area contributed by atoms with Crippen molar-refractivity contribution in [3.63, 3.8) is 0 Å². The Morgan fingerprint density at radius 1 is 0.957 bits per heavy atom. The molecule has 3 aromatic rings. The number of aromatic hydroxyl groups is 2. The molecular weight excluding hydrogens is 288 g/mol. The number of nitrogens with zero attached hydrogens (tertiary/aromatic N) is 2. The van der Waals surface area contributed by atoms with E-state index in [1.807, 2.05) is 36.4 Å². The van der Waals surface area contributed by atoms with E-state index < -0.39 is 0 Å². The maximum absolute atomic E-state index is 10.6. The predicted octanol–water partition coefficient (Wildman–Crippen LogP) is 1.58. The molecule has 2 aromatic carbocycles. The Kier molecular flexibility index (Phi) is 2.26. The highest BCUT2D eigenvalue weighted by Crippen LogP contribution is 2.35. The molecule has 2 aliphatic carbocycles. The Morgan fingerprint density at radius 2 is 1.83 bits per heavy atom. The largest absolute Gasteiger partial charge is 0.504 e. The highest BCUT2D eigenvalue weighted by Gasteiger charge is 2.21. The number of aromatic nitrogens is 2. The van der Waals surface area contributed by atoms with Crippen molar-refractivity contribution in [3.8, 4) is 11.5 Å². The maximum atomic E-state index is 10.6. The van der Waals surface area contributed by atoms with Gasteiger partial charge in [0.25, 0.3) is 0 Å². The third-order valence-electron chi connectivity index (χ3n) is 4.61. The Labute approximate surface area is 131 Å². The second-order valence-electron chi connectivity index (χ2n) is 5.82. The van der Waals surface area contributed by atoms with Crippen molar-refractivity contribution in [2.75, 3.05) is 0 Å². The fourth-order valence-electron chi connectivity index (χ4n) is 3.52. The molecule has 0 saturated carbocycles. The minimum absolute atomic E-state index is 0.0590. The Balaban J connectivity index is 2.02. The molecule has 4 nitrogen and oxygen atoms in total. The summed E-state index contributed by atoms with van der Waals surface area (Å²) < 4.78 is 0. The zero-order valence-corrected chi connectivity index (χ0v) is 12.1. The first kappa shape index (κ1) is 12.4. The first-order chi connectivity index (χ1) is 11.2. The standard InChI is InChI=1S/C19H12N2O2/c22-18-14-9-16-15(20-6-7-21-16)8-13(14)12-5-4-10-2-1-3-11(10)17(12)19(18)23/h1-8,22-23H,9H2. The summed E-state index contributed by atoms with van der Waals surface area (Å²) in [6.45, 7) is 0.